The van der Waals surface area contributed by atoms with Gasteiger partial charge in [-0.05, 0) is 52.3 Å². The van der Waals surface area contributed by atoms with Crippen LogP contribution in [0.15, 0.2) is 69.2 Å². The van der Waals surface area contributed by atoms with Gasteiger partial charge in [0.05, 0.1) is 10.6 Å². The topological polar surface area (TPSA) is 106 Å². The van der Waals surface area contributed by atoms with Crippen molar-refractivity contribution in [1.82, 2.24) is 5.32 Å². The highest BCUT2D eigenvalue weighted by Crippen LogP contribution is 2.33. The number of nitrogens with one attached hydrogen (secondary N) is 1. The molecule has 1 aliphatic rings. The number of halogens is 2. The monoisotopic (exact) mass is 487 g/mol. The SMILES string of the molecule is O=C1N/C(=C\c2ccc(-c3ccc([N+](=O)[O-])cc3Br)o2)C(=O)N1c1cccc(Cl)c1. The lowest BCUT2D eigenvalue weighted by atomic mass is 10.1. The van der Waals surface area contributed by atoms with Crippen molar-refractivity contribution in [2.24, 2.45) is 0 Å². The molecule has 0 aliphatic carbocycles. The van der Waals surface area contributed by atoms with E-state index in [1.54, 1.807) is 36.4 Å². The Balaban J connectivity index is 1.61. The van der Waals surface area contributed by atoms with Gasteiger partial charge < -0.3 is 9.73 Å². The van der Waals surface area contributed by atoms with E-state index in [1.165, 1.54) is 24.3 Å². The van der Waals surface area contributed by atoms with E-state index in [0.29, 0.717) is 32.3 Å². The third-order valence-corrected chi connectivity index (χ3v) is 5.18. The Morgan fingerprint density at radius 2 is 1.93 bits per heavy atom. The Bertz CT molecular complexity index is 1240. The lowest BCUT2D eigenvalue weighted by Gasteiger charge is -2.11. The van der Waals surface area contributed by atoms with E-state index in [2.05, 4.69) is 21.2 Å². The fourth-order valence-electron chi connectivity index (χ4n) is 2.92. The van der Waals surface area contributed by atoms with Gasteiger partial charge in [-0.2, -0.15) is 0 Å². The Morgan fingerprint density at radius 3 is 2.63 bits per heavy atom. The number of carbonyl (C=O) groups is 2. The standard InChI is InChI=1S/C20H11BrClN3O5/c21-16-9-13(25(28)29)4-6-15(16)18-7-5-14(30-18)10-17-19(26)24(20(27)23-17)12-3-1-2-11(22)8-12/h1-10H,(H,23,27)/b17-10-. The first-order valence-electron chi connectivity index (χ1n) is 8.50. The summed E-state index contributed by atoms with van der Waals surface area (Å²) >= 11 is 9.24. The van der Waals surface area contributed by atoms with Crippen molar-refractivity contribution in [3.63, 3.8) is 0 Å². The Morgan fingerprint density at radius 1 is 1.13 bits per heavy atom. The molecule has 0 unspecified atom stereocenters. The summed E-state index contributed by atoms with van der Waals surface area (Å²) in [6.07, 6.45) is 1.41. The van der Waals surface area contributed by atoms with Gasteiger partial charge in [0.25, 0.3) is 11.6 Å². The first kappa shape index (κ1) is 19.9. The predicted octanol–water partition coefficient (Wildman–Crippen LogP) is 5.37. The number of nitro benzene ring substituents is 1. The van der Waals surface area contributed by atoms with E-state index < -0.39 is 16.9 Å². The molecule has 0 saturated carbocycles. The van der Waals surface area contributed by atoms with Gasteiger partial charge in [0.1, 0.15) is 17.2 Å². The molecule has 0 radical (unpaired) electrons. The quantitative estimate of drug-likeness (QED) is 0.230. The van der Waals surface area contributed by atoms with Crippen molar-refractivity contribution < 1.29 is 18.9 Å². The fraction of sp³-hybridized carbons (Fsp3) is 0. The lowest BCUT2D eigenvalue weighted by molar-refractivity contribution is -0.384. The summed E-state index contributed by atoms with van der Waals surface area (Å²) < 4.78 is 6.23. The maximum absolute atomic E-state index is 12.7. The van der Waals surface area contributed by atoms with Gasteiger partial charge in [-0.3, -0.25) is 14.9 Å². The third-order valence-electron chi connectivity index (χ3n) is 4.29. The summed E-state index contributed by atoms with van der Waals surface area (Å²) in [5.74, 6) is 0.218. The van der Waals surface area contributed by atoms with E-state index in [1.807, 2.05) is 0 Å². The molecule has 150 valence electrons. The fourth-order valence-corrected chi connectivity index (χ4v) is 3.67. The average molecular weight is 489 g/mol. The van der Waals surface area contributed by atoms with Gasteiger partial charge in [0, 0.05) is 33.3 Å². The zero-order valence-corrected chi connectivity index (χ0v) is 17.3. The highest BCUT2D eigenvalue weighted by Gasteiger charge is 2.35. The van der Waals surface area contributed by atoms with Crippen LogP contribution in [0.4, 0.5) is 16.2 Å². The summed E-state index contributed by atoms with van der Waals surface area (Å²) in [7, 11) is 0. The van der Waals surface area contributed by atoms with Crippen LogP contribution in [0, 0.1) is 10.1 Å². The van der Waals surface area contributed by atoms with Crippen molar-refractivity contribution in [3.05, 3.63) is 85.7 Å². The number of imide groups is 1. The molecule has 8 nitrogen and oxygen atoms in total. The number of amides is 3. The predicted molar refractivity (Wildman–Crippen MR) is 114 cm³/mol. The van der Waals surface area contributed by atoms with Crippen LogP contribution in [0.1, 0.15) is 5.76 Å². The normalized spacial score (nSPS) is 15.0. The number of furan rings is 1. The van der Waals surface area contributed by atoms with Crippen molar-refractivity contribution >= 4 is 56.9 Å². The zero-order chi connectivity index (χ0) is 21.4. The first-order chi connectivity index (χ1) is 14.3. The third kappa shape index (κ3) is 3.72. The molecule has 0 bridgehead atoms. The van der Waals surface area contributed by atoms with Crippen LogP contribution >= 0.6 is 27.5 Å². The van der Waals surface area contributed by atoms with E-state index in [0.717, 1.165) is 4.90 Å². The molecule has 1 fully saturated rings. The van der Waals surface area contributed by atoms with Crippen molar-refractivity contribution in [1.29, 1.82) is 0 Å². The molecule has 1 aliphatic heterocycles. The van der Waals surface area contributed by atoms with E-state index in [9.17, 15) is 19.7 Å². The molecular weight excluding hydrogens is 478 g/mol. The number of carbonyl (C=O) groups excluding carboxylic acids is 2. The minimum absolute atomic E-state index is 0.0450. The number of hydrogen-bond donors (Lipinski definition) is 1. The molecule has 10 heteroatoms. The molecule has 3 aromatic rings. The van der Waals surface area contributed by atoms with Crippen LogP contribution < -0.4 is 10.2 Å². The molecule has 2 heterocycles. The van der Waals surface area contributed by atoms with Crippen LogP contribution in [0.5, 0.6) is 0 Å². The lowest BCUT2D eigenvalue weighted by Crippen LogP contribution is -2.30. The van der Waals surface area contributed by atoms with Crippen molar-refractivity contribution in [3.8, 4) is 11.3 Å². The van der Waals surface area contributed by atoms with Crippen LogP contribution in [0.2, 0.25) is 5.02 Å². The second-order valence-electron chi connectivity index (χ2n) is 6.23. The number of rotatable bonds is 4. The van der Waals surface area contributed by atoms with Crippen LogP contribution in [0.3, 0.4) is 0 Å². The smallest absolute Gasteiger partial charge is 0.333 e. The minimum atomic E-state index is -0.599. The highest BCUT2D eigenvalue weighted by atomic mass is 79.9. The number of benzene rings is 2. The molecule has 1 aromatic heterocycles. The van der Waals surface area contributed by atoms with E-state index in [4.69, 9.17) is 16.0 Å². The van der Waals surface area contributed by atoms with Gasteiger partial charge >= 0.3 is 6.03 Å². The van der Waals surface area contributed by atoms with Gasteiger partial charge in [-0.25, -0.2) is 9.69 Å². The summed E-state index contributed by atoms with van der Waals surface area (Å²) in [4.78, 5) is 36.3. The number of hydrogen-bond acceptors (Lipinski definition) is 5. The number of nitrogens with zero attached hydrogens (tertiary/aromatic N) is 2. The molecule has 4 rings (SSSR count). The largest absolute Gasteiger partial charge is 0.457 e. The number of urea groups is 1. The molecule has 30 heavy (non-hydrogen) atoms. The van der Waals surface area contributed by atoms with E-state index in [-0.39, 0.29) is 11.4 Å². The molecule has 0 spiro atoms. The molecule has 3 amide bonds. The Hall–Kier alpha value is -3.43. The number of anilines is 1. The minimum Gasteiger partial charge on any atom is -0.457 e. The summed E-state index contributed by atoms with van der Waals surface area (Å²) in [6, 6.07) is 13.4. The maximum atomic E-state index is 12.7. The van der Waals surface area contributed by atoms with Gasteiger partial charge in [-0.1, -0.05) is 17.7 Å². The van der Waals surface area contributed by atoms with Crippen molar-refractivity contribution in [2.75, 3.05) is 4.90 Å². The van der Waals surface area contributed by atoms with Crippen molar-refractivity contribution in [2.45, 2.75) is 0 Å². The highest BCUT2D eigenvalue weighted by molar-refractivity contribution is 9.10. The summed E-state index contributed by atoms with van der Waals surface area (Å²) in [6.45, 7) is 0. The second kappa shape index (κ2) is 7.77. The van der Waals surface area contributed by atoms with Gasteiger partial charge in [-0.15, -0.1) is 0 Å². The molecule has 1 N–H and O–H groups in total. The van der Waals surface area contributed by atoms with E-state index >= 15 is 0 Å². The zero-order valence-electron chi connectivity index (χ0n) is 15.0. The second-order valence-corrected chi connectivity index (χ2v) is 7.52. The van der Waals surface area contributed by atoms with Crippen LogP contribution in [0.25, 0.3) is 17.4 Å². The first-order valence-corrected chi connectivity index (χ1v) is 9.67. The number of non-ortho nitro benzene ring substituents is 1. The van der Waals surface area contributed by atoms with Gasteiger partial charge in [0.15, 0.2) is 0 Å². The molecule has 1 saturated heterocycles. The summed E-state index contributed by atoms with van der Waals surface area (Å²) in [5, 5.41) is 13.8. The van der Waals surface area contributed by atoms with Crippen LogP contribution in [-0.2, 0) is 4.79 Å². The molecule has 0 atom stereocenters. The average Bonchev–Trinajstić information content (AvgIpc) is 3.26. The molecule has 2 aromatic carbocycles. The molecular formula is C20H11BrClN3O5. The van der Waals surface area contributed by atoms with Crippen LogP contribution in [-0.4, -0.2) is 16.9 Å². The van der Waals surface area contributed by atoms with Gasteiger partial charge in [0.2, 0.25) is 0 Å². The maximum Gasteiger partial charge on any atom is 0.333 e. The summed E-state index contributed by atoms with van der Waals surface area (Å²) in [5.41, 5.74) is 0.944. The number of nitro groups is 1. The Labute approximate surface area is 183 Å². The Kier molecular flexibility index (Phi) is 5.15.